The van der Waals surface area contributed by atoms with Crippen LogP contribution in [0.25, 0.3) is 0 Å². The smallest absolute Gasteiger partial charge is 0.242 e. The summed E-state index contributed by atoms with van der Waals surface area (Å²) < 4.78 is 39.0. The number of halogens is 1. The second kappa shape index (κ2) is 9.76. The first-order chi connectivity index (χ1) is 14.7. The maximum Gasteiger partial charge on any atom is 0.242 e. The fourth-order valence-electron chi connectivity index (χ4n) is 3.59. The Balaban J connectivity index is 1.63. The summed E-state index contributed by atoms with van der Waals surface area (Å²) in [7, 11) is -0.634. The van der Waals surface area contributed by atoms with Crippen LogP contribution in [0.5, 0.6) is 0 Å². The third-order valence-electron chi connectivity index (χ3n) is 5.53. The van der Waals surface area contributed by atoms with Gasteiger partial charge in [-0.2, -0.15) is 0 Å². The lowest BCUT2D eigenvalue weighted by Crippen LogP contribution is -2.44. The predicted octanol–water partition coefficient (Wildman–Crippen LogP) is 2.62. The van der Waals surface area contributed by atoms with Crippen LogP contribution in [-0.4, -0.2) is 69.8 Å². The molecule has 0 aromatic heterocycles. The van der Waals surface area contributed by atoms with Crippen molar-refractivity contribution in [3.05, 3.63) is 54.3 Å². The van der Waals surface area contributed by atoms with Gasteiger partial charge in [-0.15, -0.1) is 0 Å². The van der Waals surface area contributed by atoms with Gasteiger partial charge in [0.05, 0.1) is 10.9 Å². The van der Waals surface area contributed by atoms with Gasteiger partial charge in [0.25, 0.3) is 0 Å². The Bertz CT molecular complexity index is 1010. The largest absolute Gasteiger partial charge is 0.370 e. The van der Waals surface area contributed by atoms with Crippen molar-refractivity contribution < 1.29 is 17.6 Å². The molecule has 1 saturated heterocycles. The molecule has 1 fully saturated rings. The molecule has 1 amide bonds. The molecular formula is C22H29FN4O3S. The van der Waals surface area contributed by atoms with Crippen molar-refractivity contribution in [1.29, 1.82) is 0 Å². The third kappa shape index (κ3) is 5.61. The van der Waals surface area contributed by atoms with Crippen LogP contribution >= 0.6 is 0 Å². The zero-order chi connectivity index (χ0) is 22.6. The SMILES string of the molecule is CC(C(=O)Nc1cccc(S(=O)(=O)N(C)C)c1)N1CCCN(c2ccc(F)cc2)CC1. The number of anilines is 2. The van der Waals surface area contributed by atoms with E-state index in [1.807, 2.05) is 6.92 Å². The minimum absolute atomic E-state index is 0.132. The summed E-state index contributed by atoms with van der Waals surface area (Å²) in [5.74, 6) is -0.442. The molecule has 1 heterocycles. The Morgan fingerprint density at radius 2 is 1.77 bits per heavy atom. The van der Waals surface area contributed by atoms with E-state index in [9.17, 15) is 17.6 Å². The molecule has 1 aliphatic heterocycles. The summed E-state index contributed by atoms with van der Waals surface area (Å²) in [6, 6.07) is 12.4. The zero-order valence-electron chi connectivity index (χ0n) is 18.1. The Kier molecular flexibility index (Phi) is 7.30. The topological polar surface area (TPSA) is 73.0 Å². The molecule has 0 spiro atoms. The van der Waals surface area contributed by atoms with E-state index in [1.54, 1.807) is 24.3 Å². The molecular weight excluding hydrogens is 419 g/mol. The molecule has 1 atom stereocenters. The Hall–Kier alpha value is -2.49. The number of rotatable bonds is 6. The highest BCUT2D eigenvalue weighted by molar-refractivity contribution is 7.89. The summed E-state index contributed by atoms with van der Waals surface area (Å²) in [5.41, 5.74) is 1.42. The van der Waals surface area contributed by atoms with Crippen molar-refractivity contribution in [1.82, 2.24) is 9.21 Å². The average molecular weight is 449 g/mol. The molecule has 31 heavy (non-hydrogen) atoms. The number of carbonyl (C=O) groups excluding carboxylic acids is 1. The van der Waals surface area contributed by atoms with Gasteiger partial charge in [0.15, 0.2) is 0 Å². The van der Waals surface area contributed by atoms with Crippen LogP contribution in [0.4, 0.5) is 15.8 Å². The monoisotopic (exact) mass is 448 g/mol. The lowest BCUT2D eigenvalue weighted by atomic mass is 10.2. The summed E-state index contributed by atoms with van der Waals surface area (Å²) in [6.07, 6.45) is 0.881. The molecule has 2 aromatic rings. The zero-order valence-corrected chi connectivity index (χ0v) is 18.9. The predicted molar refractivity (Wildman–Crippen MR) is 120 cm³/mol. The average Bonchev–Trinajstić information content (AvgIpc) is 3.00. The lowest BCUT2D eigenvalue weighted by molar-refractivity contribution is -0.120. The van der Waals surface area contributed by atoms with Crippen LogP contribution < -0.4 is 10.2 Å². The molecule has 0 aliphatic carbocycles. The van der Waals surface area contributed by atoms with Gasteiger partial charge in [-0.05, 0) is 55.8 Å². The van der Waals surface area contributed by atoms with Crippen molar-refractivity contribution in [2.24, 2.45) is 0 Å². The van der Waals surface area contributed by atoms with E-state index in [1.165, 1.54) is 38.4 Å². The maximum atomic E-state index is 13.2. The van der Waals surface area contributed by atoms with E-state index in [4.69, 9.17) is 0 Å². The van der Waals surface area contributed by atoms with Crippen molar-refractivity contribution >= 4 is 27.3 Å². The van der Waals surface area contributed by atoms with Gasteiger partial charge in [-0.1, -0.05) is 6.07 Å². The molecule has 1 N–H and O–H groups in total. The van der Waals surface area contributed by atoms with Gasteiger partial charge >= 0.3 is 0 Å². The van der Waals surface area contributed by atoms with Gasteiger partial charge < -0.3 is 10.2 Å². The minimum atomic E-state index is -3.57. The molecule has 0 bridgehead atoms. The standard InChI is InChI=1S/C22H29FN4O3S/c1-17(22(28)24-19-6-4-7-21(16-19)31(29,30)25(2)3)26-12-5-13-27(15-14-26)20-10-8-18(23)9-11-20/h4,6-11,16-17H,5,12-15H2,1-3H3,(H,24,28). The van der Waals surface area contributed by atoms with Crippen molar-refractivity contribution in [2.45, 2.75) is 24.3 Å². The summed E-state index contributed by atoms with van der Waals surface area (Å²) >= 11 is 0. The van der Waals surface area contributed by atoms with Gasteiger partial charge in [-0.3, -0.25) is 9.69 Å². The van der Waals surface area contributed by atoms with Crippen molar-refractivity contribution in [2.75, 3.05) is 50.5 Å². The first-order valence-corrected chi connectivity index (χ1v) is 11.7. The second-order valence-corrected chi connectivity index (χ2v) is 9.99. The molecule has 2 aromatic carbocycles. The summed E-state index contributed by atoms with van der Waals surface area (Å²) in [4.78, 5) is 17.3. The Labute approximate surface area is 183 Å². The van der Waals surface area contributed by atoms with E-state index in [0.717, 1.165) is 36.0 Å². The van der Waals surface area contributed by atoms with E-state index >= 15 is 0 Å². The van der Waals surface area contributed by atoms with E-state index in [-0.39, 0.29) is 22.7 Å². The number of sulfonamides is 1. The number of amides is 1. The molecule has 0 radical (unpaired) electrons. The summed E-state index contributed by atoms with van der Waals surface area (Å²) in [5, 5.41) is 2.84. The molecule has 168 valence electrons. The third-order valence-corrected chi connectivity index (χ3v) is 7.34. The van der Waals surface area contributed by atoms with Gasteiger partial charge in [-0.25, -0.2) is 17.1 Å². The Morgan fingerprint density at radius 3 is 2.45 bits per heavy atom. The lowest BCUT2D eigenvalue weighted by Gasteiger charge is -2.27. The van der Waals surface area contributed by atoms with Crippen LogP contribution in [-0.2, 0) is 14.8 Å². The fourth-order valence-corrected chi connectivity index (χ4v) is 4.54. The highest BCUT2D eigenvalue weighted by Crippen LogP contribution is 2.20. The number of nitrogens with zero attached hydrogens (tertiary/aromatic N) is 3. The van der Waals surface area contributed by atoms with E-state index in [0.29, 0.717) is 12.2 Å². The minimum Gasteiger partial charge on any atom is -0.370 e. The normalized spacial score (nSPS) is 16.7. The molecule has 9 heteroatoms. The van der Waals surface area contributed by atoms with Crippen LogP contribution in [0.1, 0.15) is 13.3 Å². The quantitative estimate of drug-likeness (QED) is 0.736. The maximum absolute atomic E-state index is 13.2. The van der Waals surface area contributed by atoms with Gasteiger partial charge in [0.1, 0.15) is 5.82 Å². The summed E-state index contributed by atoms with van der Waals surface area (Å²) in [6.45, 7) is 4.88. The van der Waals surface area contributed by atoms with Crippen LogP contribution in [0, 0.1) is 5.82 Å². The molecule has 7 nitrogen and oxygen atoms in total. The second-order valence-electron chi connectivity index (χ2n) is 7.83. The van der Waals surface area contributed by atoms with Crippen LogP contribution in [0.3, 0.4) is 0 Å². The Morgan fingerprint density at radius 1 is 1.06 bits per heavy atom. The number of hydrogen-bond acceptors (Lipinski definition) is 5. The molecule has 0 saturated carbocycles. The first kappa shape index (κ1) is 23.2. The first-order valence-electron chi connectivity index (χ1n) is 10.3. The van der Waals surface area contributed by atoms with Gasteiger partial charge in [0.2, 0.25) is 15.9 Å². The number of hydrogen-bond donors (Lipinski definition) is 1. The molecule has 1 unspecified atom stereocenters. The number of carbonyl (C=O) groups is 1. The fraction of sp³-hybridized carbons (Fsp3) is 0.409. The van der Waals surface area contributed by atoms with Gasteiger partial charge in [0, 0.05) is 51.6 Å². The number of benzene rings is 2. The van der Waals surface area contributed by atoms with Crippen molar-refractivity contribution in [3.63, 3.8) is 0 Å². The number of nitrogens with one attached hydrogen (secondary N) is 1. The highest BCUT2D eigenvalue weighted by atomic mass is 32.2. The highest BCUT2D eigenvalue weighted by Gasteiger charge is 2.25. The van der Waals surface area contributed by atoms with Crippen LogP contribution in [0.15, 0.2) is 53.4 Å². The van der Waals surface area contributed by atoms with Crippen LogP contribution in [0.2, 0.25) is 0 Å². The van der Waals surface area contributed by atoms with E-state index in [2.05, 4.69) is 15.1 Å². The molecule has 3 rings (SSSR count). The van der Waals surface area contributed by atoms with E-state index < -0.39 is 10.0 Å². The molecule has 1 aliphatic rings. The van der Waals surface area contributed by atoms with Crippen molar-refractivity contribution in [3.8, 4) is 0 Å².